The minimum absolute atomic E-state index is 0.181. The fourth-order valence-electron chi connectivity index (χ4n) is 1.79. The van der Waals surface area contributed by atoms with E-state index in [2.05, 4.69) is 16.0 Å². The molecular formula is C11H17N5O. The van der Waals surface area contributed by atoms with Gasteiger partial charge in [0, 0.05) is 6.54 Å². The molecule has 1 fully saturated rings. The van der Waals surface area contributed by atoms with Gasteiger partial charge in [0.2, 0.25) is 5.91 Å². The largest absolute Gasteiger partial charge is 0.327 e. The first kappa shape index (κ1) is 12.0. The van der Waals surface area contributed by atoms with Crippen LogP contribution < -0.4 is 27.4 Å². The van der Waals surface area contributed by atoms with E-state index in [1.807, 2.05) is 30.3 Å². The van der Waals surface area contributed by atoms with Crippen LogP contribution >= 0.6 is 0 Å². The second kappa shape index (κ2) is 5.24. The zero-order valence-electron chi connectivity index (χ0n) is 9.39. The molecule has 0 bridgehead atoms. The third-order valence-electron chi connectivity index (χ3n) is 2.68. The molecule has 0 radical (unpaired) electrons. The van der Waals surface area contributed by atoms with Crippen LogP contribution in [-0.2, 0) is 11.3 Å². The summed E-state index contributed by atoms with van der Waals surface area (Å²) in [5.74, 6) is -0.181. The molecule has 0 aromatic heterocycles. The van der Waals surface area contributed by atoms with E-state index >= 15 is 0 Å². The molecule has 0 saturated carbocycles. The van der Waals surface area contributed by atoms with Crippen molar-refractivity contribution in [3.63, 3.8) is 0 Å². The molecule has 6 heteroatoms. The molecule has 1 amide bonds. The number of hydrogen-bond donors (Lipinski definition) is 5. The summed E-state index contributed by atoms with van der Waals surface area (Å²) in [6, 6.07) is 9.34. The average Bonchev–Trinajstić information content (AvgIpc) is 2.29. The molecular weight excluding hydrogens is 218 g/mol. The van der Waals surface area contributed by atoms with Gasteiger partial charge in [-0.2, -0.15) is 0 Å². The van der Waals surface area contributed by atoms with Crippen LogP contribution in [0, 0.1) is 0 Å². The van der Waals surface area contributed by atoms with E-state index in [1.54, 1.807) is 0 Å². The summed E-state index contributed by atoms with van der Waals surface area (Å²) in [4.78, 5) is 11.7. The van der Waals surface area contributed by atoms with E-state index < -0.39 is 18.5 Å². The van der Waals surface area contributed by atoms with Gasteiger partial charge in [0.1, 0.15) is 12.3 Å². The van der Waals surface area contributed by atoms with E-state index in [4.69, 9.17) is 11.5 Å². The molecule has 1 aromatic carbocycles. The highest BCUT2D eigenvalue weighted by Gasteiger charge is 2.31. The molecule has 1 aliphatic heterocycles. The molecule has 7 N–H and O–H groups in total. The van der Waals surface area contributed by atoms with Gasteiger partial charge in [-0.05, 0) is 5.56 Å². The van der Waals surface area contributed by atoms with Crippen LogP contribution in [-0.4, -0.2) is 24.4 Å². The monoisotopic (exact) mass is 235 g/mol. The maximum Gasteiger partial charge on any atom is 0.242 e. The zero-order chi connectivity index (χ0) is 12.3. The Balaban J connectivity index is 1.92. The number of hydrogen-bond acceptors (Lipinski definition) is 5. The maximum absolute atomic E-state index is 11.7. The van der Waals surface area contributed by atoms with E-state index in [0.717, 1.165) is 5.56 Å². The smallest absolute Gasteiger partial charge is 0.242 e. The average molecular weight is 235 g/mol. The normalized spacial score (nSPS) is 28.8. The summed E-state index contributed by atoms with van der Waals surface area (Å²) in [5, 5.41) is 8.54. The fraction of sp³-hybridized carbons (Fsp3) is 0.364. The predicted octanol–water partition coefficient (Wildman–Crippen LogP) is -1.61. The quantitative estimate of drug-likeness (QED) is 0.433. The Morgan fingerprint density at radius 1 is 1.24 bits per heavy atom. The molecule has 1 saturated heterocycles. The fourth-order valence-corrected chi connectivity index (χ4v) is 1.79. The molecule has 0 spiro atoms. The predicted molar refractivity (Wildman–Crippen MR) is 64.3 cm³/mol. The summed E-state index contributed by atoms with van der Waals surface area (Å²) in [5.41, 5.74) is 12.4. The molecule has 3 unspecified atom stereocenters. The van der Waals surface area contributed by atoms with E-state index in [9.17, 15) is 4.79 Å². The van der Waals surface area contributed by atoms with Crippen LogP contribution in [0.5, 0.6) is 0 Å². The summed E-state index contributed by atoms with van der Waals surface area (Å²) in [6.07, 6.45) is -1.06. The van der Waals surface area contributed by atoms with Gasteiger partial charge in [-0.3, -0.25) is 21.2 Å². The second-order valence-electron chi connectivity index (χ2n) is 4.02. The highest BCUT2D eigenvalue weighted by Crippen LogP contribution is 2.01. The lowest BCUT2D eigenvalue weighted by molar-refractivity contribution is -0.127. The van der Waals surface area contributed by atoms with E-state index in [1.165, 1.54) is 0 Å². The third kappa shape index (κ3) is 3.01. The van der Waals surface area contributed by atoms with Crippen molar-refractivity contribution in [2.75, 3.05) is 0 Å². The van der Waals surface area contributed by atoms with Crippen LogP contribution in [0.2, 0.25) is 0 Å². The Hall–Kier alpha value is -1.47. The lowest BCUT2D eigenvalue weighted by Crippen LogP contribution is -2.72. The molecule has 6 nitrogen and oxygen atoms in total. The minimum Gasteiger partial charge on any atom is -0.327 e. The Labute approximate surface area is 99.7 Å². The number of amides is 1. The number of benzene rings is 1. The number of nitrogens with two attached hydrogens (primary N) is 2. The van der Waals surface area contributed by atoms with Crippen molar-refractivity contribution < 1.29 is 4.79 Å². The zero-order valence-corrected chi connectivity index (χ0v) is 9.39. The van der Waals surface area contributed by atoms with Gasteiger partial charge in [0.15, 0.2) is 0 Å². The lowest BCUT2D eigenvalue weighted by Gasteiger charge is -2.33. The molecule has 1 aromatic rings. The Kier molecular flexibility index (Phi) is 3.70. The Morgan fingerprint density at radius 3 is 2.59 bits per heavy atom. The van der Waals surface area contributed by atoms with Crippen LogP contribution in [0.4, 0.5) is 0 Å². The molecule has 92 valence electrons. The molecule has 1 aliphatic rings. The Bertz CT molecular complexity index is 383. The number of rotatable bonds is 3. The third-order valence-corrected chi connectivity index (χ3v) is 2.68. The van der Waals surface area contributed by atoms with Crippen LogP contribution in [0.3, 0.4) is 0 Å². The first-order valence-electron chi connectivity index (χ1n) is 5.52. The van der Waals surface area contributed by atoms with Crippen molar-refractivity contribution >= 4 is 5.91 Å². The topological polar surface area (TPSA) is 105 Å². The van der Waals surface area contributed by atoms with Gasteiger partial charge in [-0.25, -0.2) is 0 Å². The van der Waals surface area contributed by atoms with Crippen molar-refractivity contribution in [1.82, 2.24) is 16.0 Å². The van der Waals surface area contributed by atoms with Gasteiger partial charge < -0.3 is 11.1 Å². The maximum atomic E-state index is 11.7. The van der Waals surface area contributed by atoms with E-state index in [-0.39, 0.29) is 5.91 Å². The molecule has 3 atom stereocenters. The summed E-state index contributed by atoms with van der Waals surface area (Å²) in [7, 11) is 0. The standard InChI is InChI=1S/C11H17N5O/c12-9-8(10(17)16-11(13)15-9)14-6-7-4-2-1-3-5-7/h1-5,8-9,11,14-15H,6,12-13H2,(H,16,17). The van der Waals surface area contributed by atoms with E-state index in [0.29, 0.717) is 6.54 Å². The van der Waals surface area contributed by atoms with Gasteiger partial charge in [0.05, 0.1) is 6.17 Å². The van der Waals surface area contributed by atoms with Gasteiger partial charge >= 0.3 is 0 Å². The van der Waals surface area contributed by atoms with Crippen molar-refractivity contribution in [3.8, 4) is 0 Å². The number of carbonyl (C=O) groups excluding carboxylic acids is 1. The first-order valence-corrected chi connectivity index (χ1v) is 5.52. The number of carbonyl (C=O) groups is 1. The SMILES string of the molecule is NC1NC(=O)C(NCc2ccccc2)C(N)N1. The second-order valence-corrected chi connectivity index (χ2v) is 4.02. The minimum atomic E-state index is -0.577. The highest BCUT2D eigenvalue weighted by molar-refractivity contribution is 5.83. The molecule has 17 heavy (non-hydrogen) atoms. The summed E-state index contributed by atoms with van der Waals surface area (Å²) < 4.78 is 0. The van der Waals surface area contributed by atoms with Gasteiger partial charge in [0.25, 0.3) is 0 Å². The highest BCUT2D eigenvalue weighted by atomic mass is 16.2. The van der Waals surface area contributed by atoms with Crippen molar-refractivity contribution in [2.45, 2.75) is 25.0 Å². The summed E-state index contributed by atoms with van der Waals surface area (Å²) in [6.45, 7) is 0.587. The van der Waals surface area contributed by atoms with Crippen molar-refractivity contribution in [3.05, 3.63) is 35.9 Å². The number of nitrogens with one attached hydrogen (secondary N) is 3. The van der Waals surface area contributed by atoms with Crippen molar-refractivity contribution in [1.29, 1.82) is 0 Å². The summed E-state index contributed by atoms with van der Waals surface area (Å²) >= 11 is 0. The van der Waals surface area contributed by atoms with Gasteiger partial charge in [-0.15, -0.1) is 0 Å². The van der Waals surface area contributed by atoms with Crippen LogP contribution in [0.1, 0.15) is 5.56 Å². The van der Waals surface area contributed by atoms with Crippen molar-refractivity contribution in [2.24, 2.45) is 11.5 Å². The van der Waals surface area contributed by atoms with Crippen LogP contribution in [0.15, 0.2) is 30.3 Å². The molecule has 0 aliphatic carbocycles. The first-order chi connectivity index (χ1) is 8.16. The van der Waals surface area contributed by atoms with Gasteiger partial charge in [-0.1, -0.05) is 30.3 Å². The molecule has 1 heterocycles. The van der Waals surface area contributed by atoms with Crippen LogP contribution in [0.25, 0.3) is 0 Å². The molecule has 2 rings (SSSR count). The Morgan fingerprint density at radius 2 is 1.94 bits per heavy atom. The lowest BCUT2D eigenvalue weighted by atomic mass is 10.1.